The Morgan fingerprint density at radius 1 is 1.36 bits per heavy atom. The molecule has 0 radical (unpaired) electrons. The smallest absolute Gasteiger partial charge is 0.0729 e. The highest BCUT2D eigenvalue weighted by atomic mass is 16.5. The third kappa shape index (κ3) is 1.18. The zero-order valence-electron chi connectivity index (χ0n) is 8.60. The molecule has 2 rings (SSSR count). The first-order valence-corrected chi connectivity index (χ1v) is 4.94. The Labute approximate surface area is 84.5 Å². The first-order chi connectivity index (χ1) is 6.75. The van der Waals surface area contributed by atoms with Gasteiger partial charge < -0.3 is 9.84 Å². The number of rotatable bonds is 3. The minimum atomic E-state index is 0.00472. The van der Waals surface area contributed by atoms with Crippen LogP contribution >= 0.6 is 0 Å². The summed E-state index contributed by atoms with van der Waals surface area (Å²) in [5, 5.41) is 9.22. The summed E-state index contributed by atoms with van der Waals surface area (Å²) in [6.07, 6.45) is 0.162. The standard InChI is InChI=1S/C12H16O2/c1-12(9-6-4-3-5-7-9)10(8-13)11(12)14-2/h3-7,10-11,13H,8H2,1-2H3/t10-,11-,12+/m0/s1. The number of ether oxygens (including phenoxy) is 1. The van der Waals surface area contributed by atoms with Crippen molar-refractivity contribution in [2.75, 3.05) is 13.7 Å². The van der Waals surface area contributed by atoms with Crippen LogP contribution in [0.25, 0.3) is 0 Å². The molecule has 2 nitrogen and oxygen atoms in total. The minimum absolute atomic E-state index is 0.00472. The van der Waals surface area contributed by atoms with Crippen LogP contribution in [0.1, 0.15) is 12.5 Å². The molecular weight excluding hydrogens is 176 g/mol. The van der Waals surface area contributed by atoms with Crippen molar-refractivity contribution in [3.8, 4) is 0 Å². The molecule has 0 bridgehead atoms. The van der Waals surface area contributed by atoms with Crippen LogP contribution < -0.4 is 0 Å². The van der Waals surface area contributed by atoms with Gasteiger partial charge in [0.25, 0.3) is 0 Å². The van der Waals surface area contributed by atoms with Gasteiger partial charge in [0, 0.05) is 25.0 Å². The molecule has 1 aliphatic carbocycles. The van der Waals surface area contributed by atoms with Gasteiger partial charge in [-0.3, -0.25) is 0 Å². The van der Waals surface area contributed by atoms with Gasteiger partial charge in [-0.1, -0.05) is 37.3 Å². The summed E-state index contributed by atoms with van der Waals surface area (Å²) < 4.78 is 5.37. The van der Waals surface area contributed by atoms with E-state index < -0.39 is 0 Å². The Morgan fingerprint density at radius 2 is 2.00 bits per heavy atom. The molecule has 0 aromatic heterocycles. The molecule has 0 amide bonds. The fourth-order valence-corrected chi connectivity index (χ4v) is 2.43. The SMILES string of the molecule is CO[C@H]1[C@H](CO)[C@@]1(C)c1ccccc1. The van der Waals surface area contributed by atoms with E-state index >= 15 is 0 Å². The Hall–Kier alpha value is -0.860. The Balaban J connectivity index is 2.27. The van der Waals surface area contributed by atoms with Crippen molar-refractivity contribution in [1.82, 2.24) is 0 Å². The monoisotopic (exact) mass is 192 g/mol. The molecule has 1 aromatic carbocycles. The predicted molar refractivity (Wildman–Crippen MR) is 55.2 cm³/mol. The van der Waals surface area contributed by atoms with Gasteiger partial charge in [-0.05, 0) is 5.56 Å². The van der Waals surface area contributed by atoms with Crippen LogP contribution in [-0.2, 0) is 10.2 Å². The number of benzene rings is 1. The molecule has 0 aliphatic heterocycles. The second kappa shape index (κ2) is 3.37. The summed E-state index contributed by atoms with van der Waals surface area (Å²) in [4.78, 5) is 0. The lowest BCUT2D eigenvalue weighted by Gasteiger charge is -2.10. The van der Waals surface area contributed by atoms with Crippen molar-refractivity contribution in [2.24, 2.45) is 5.92 Å². The van der Waals surface area contributed by atoms with Gasteiger partial charge in [-0.25, -0.2) is 0 Å². The molecule has 0 saturated heterocycles. The Kier molecular flexibility index (Phi) is 2.33. The van der Waals surface area contributed by atoms with Crippen molar-refractivity contribution in [3.05, 3.63) is 35.9 Å². The van der Waals surface area contributed by atoms with Gasteiger partial charge in [0.05, 0.1) is 6.10 Å². The molecule has 1 aromatic rings. The van der Waals surface area contributed by atoms with E-state index in [9.17, 15) is 5.11 Å². The lowest BCUT2D eigenvalue weighted by Crippen LogP contribution is -2.09. The summed E-state index contributed by atoms with van der Waals surface area (Å²) in [6, 6.07) is 10.3. The van der Waals surface area contributed by atoms with Gasteiger partial charge in [0.2, 0.25) is 0 Å². The second-order valence-corrected chi connectivity index (χ2v) is 4.09. The average Bonchev–Trinajstić information content (AvgIpc) is 2.85. The number of aliphatic hydroxyl groups excluding tert-OH is 1. The van der Waals surface area contributed by atoms with E-state index in [1.165, 1.54) is 5.56 Å². The maximum Gasteiger partial charge on any atom is 0.0729 e. The van der Waals surface area contributed by atoms with Crippen molar-refractivity contribution >= 4 is 0 Å². The molecular formula is C12H16O2. The highest BCUT2D eigenvalue weighted by Crippen LogP contribution is 2.55. The molecule has 2 heteroatoms. The maximum atomic E-state index is 9.22. The highest BCUT2D eigenvalue weighted by molar-refractivity contribution is 5.36. The van der Waals surface area contributed by atoms with Gasteiger partial charge in [0.15, 0.2) is 0 Å². The van der Waals surface area contributed by atoms with E-state index in [1.807, 2.05) is 18.2 Å². The molecule has 1 fully saturated rings. The minimum Gasteiger partial charge on any atom is -0.396 e. The fourth-order valence-electron chi connectivity index (χ4n) is 2.43. The van der Waals surface area contributed by atoms with Crippen LogP contribution in [-0.4, -0.2) is 24.9 Å². The second-order valence-electron chi connectivity index (χ2n) is 4.09. The zero-order valence-corrected chi connectivity index (χ0v) is 8.60. The summed E-state index contributed by atoms with van der Waals surface area (Å²) >= 11 is 0. The summed E-state index contributed by atoms with van der Waals surface area (Å²) in [6.45, 7) is 2.35. The van der Waals surface area contributed by atoms with Crippen LogP contribution in [0.2, 0.25) is 0 Å². The number of hydrogen-bond donors (Lipinski definition) is 1. The maximum absolute atomic E-state index is 9.22. The first kappa shape index (κ1) is 9.69. The zero-order chi connectivity index (χ0) is 10.2. The van der Waals surface area contributed by atoms with Crippen LogP contribution in [0.3, 0.4) is 0 Å². The van der Waals surface area contributed by atoms with Gasteiger partial charge in [-0.15, -0.1) is 0 Å². The topological polar surface area (TPSA) is 29.5 Å². The van der Waals surface area contributed by atoms with Gasteiger partial charge >= 0.3 is 0 Å². The number of methoxy groups -OCH3 is 1. The molecule has 1 saturated carbocycles. The lowest BCUT2D eigenvalue weighted by atomic mass is 9.95. The molecule has 14 heavy (non-hydrogen) atoms. The molecule has 1 aliphatic rings. The molecule has 0 unspecified atom stereocenters. The molecule has 1 N–H and O–H groups in total. The van der Waals surface area contributed by atoms with Crippen LogP contribution in [0.15, 0.2) is 30.3 Å². The Bertz CT molecular complexity index is 297. The van der Waals surface area contributed by atoms with E-state index in [4.69, 9.17) is 4.74 Å². The summed E-state index contributed by atoms with van der Waals surface area (Å²) in [5.41, 5.74) is 1.26. The number of hydrogen-bond acceptors (Lipinski definition) is 2. The van der Waals surface area contributed by atoms with Crippen molar-refractivity contribution < 1.29 is 9.84 Å². The molecule has 76 valence electrons. The largest absolute Gasteiger partial charge is 0.396 e. The van der Waals surface area contributed by atoms with E-state index in [-0.39, 0.29) is 24.0 Å². The Morgan fingerprint density at radius 3 is 2.43 bits per heavy atom. The van der Waals surface area contributed by atoms with E-state index in [1.54, 1.807) is 7.11 Å². The lowest BCUT2D eigenvalue weighted by molar-refractivity contribution is 0.144. The molecule has 3 atom stereocenters. The predicted octanol–water partition coefficient (Wildman–Crippen LogP) is 1.58. The summed E-state index contributed by atoms with van der Waals surface area (Å²) in [5.74, 6) is 0.245. The van der Waals surface area contributed by atoms with Crippen molar-refractivity contribution in [2.45, 2.75) is 18.4 Å². The van der Waals surface area contributed by atoms with Crippen molar-refractivity contribution in [3.63, 3.8) is 0 Å². The normalized spacial score (nSPS) is 35.6. The van der Waals surface area contributed by atoms with Crippen LogP contribution in [0.4, 0.5) is 0 Å². The highest BCUT2D eigenvalue weighted by Gasteiger charge is 2.62. The average molecular weight is 192 g/mol. The molecule has 0 spiro atoms. The van der Waals surface area contributed by atoms with Crippen molar-refractivity contribution in [1.29, 1.82) is 0 Å². The third-order valence-electron chi connectivity index (χ3n) is 3.46. The fraction of sp³-hybridized carbons (Fsp3) is 0.500. The van der Waals surface area contributed by atoms with Crippen LogP contribution in [0.5, 0.6) is 0 Å². The van der Waals surface area contributed by atoms with E-state index in [0.717, 1.165) is 0 Å². The first-order valence-electron chi connectivity index (χ1n) is 4.94. The summed E-state index contributed by atoms with van der Waals surface area (Å²) in [7, 11) is 1.71. The number of aliphatic hydroxyl groups is 1. The van der Waals surface area contributed by atoms with Crippen LogP contribution in [0, 0.1) is 5.92 Å². The van der Waals surface area contributed by atoms with Gasteiger partial charge in [0.1, 0.15) is 0 Å². The van der Waals surface area contributed by atoms with E-state index in [2.05, 4.69) is 19.1 Å². The third-order valence-corrected chi connectivity index (χ3v) is 3.46. The van der Waals surface area contributed by atoms with Gasteiger partial charge in [-0.2, -0.15) is 0 Å². The quantitative estimate of drug-likeness (QED) is 0.788. The molecule has 0 heterocycles. The van der Waals surface area contributed by atoms with E-state index in [0.29, 0.717) is 0 Å².